The lowest BCUT2D eigenvalue weighted by molar-refractivity contribution is -0.140. The van der Waals surface area contributed by atoms with Crippen molar-refractivity contribution in [2.24, 2.45) is 0 Å². The first-order valence-electron chi connectivity index (χ1n) is 4.99. The highest BCUT2D eigenvalue weighted by atomic mass is 32.1. The fourth-order valence-electron chi connectivity index (χ4n) is 1.27. The predicted octanol–water partition coefficient (Wildman–Crippen LogP) is -0.288. The number of hydrogen-bond donors (Lipinski definition) is 2. The lowest BCUT2D eigenvalue weighted by atomic mass is 10.2. The summed E-state index contributed by atoms with van der Waals surface area (Å²) in [5, 5.41) is 21.0. The van der Waals surface area contributed by atoms with E-state index in [1.165, 1.54) is 0 Å². The second-order valence-corrected chi connectivity index (χ2v) is 4.11. The quantitative estimate of drug-likeness (QED) is 0.730. The van der Waals surface area contributed by atoms with Gasteiger partial charge in [-0.2, -0.15) is 0 Å². The normalized spacial score (nSPS) is 10.1. The van der Waals surface area contributed by atoms with Crippen molar-refractivity contribution in [3.05, 3.63) is 10.6 Å². The van der Waals surface area contributed by atoms with Crippen molar-refractivity contribution in [3.8, 4) is 0 Å². The zero-order chi connectivity index (χ0) is 13.7. The number of amides is 1. The molecule has 1 heterocycles. The summed E-state index contributed by atoms with van der Waals surface area (Å²) in [4.78, 5) is 34.1. The summed E-state index contributed by atoms with van der Waals surface area (Å²) in [7, 11) is 0. The highest BCUT2D eigenvalue weighted by molar-refractivity contribution is 7.08. The monoisotopic (exact) mass is 273 g/mol. The van der Waals surface area contributed by atoms with Crippen LogP contribution in [0, 0.1) is 0 Å². The molecule has 0 radical (unpaired) electrons. The van der Waals surface area contributed by atoms with E-state index in [2.05, 4.69) is 9.59 Å². The molecule has 0 bridgehead atoms. The standard InChI is InChI=1S/C9H11N3O5S/c1-2-5-8(18-11-10-5)9(17)12(3-6(13)14)4-7(15)16/h2-4H2,1H3,(H,13,14)(H,15,16). The number of nitrogens with zero attached hydrogens (tertiary/aromatic N) is 3. The Morgan fingerprint density at radius 1 is 1.22 bits per heavy atom. The van der Waals surface area contributed by atoms with Crippen molar-refractivity contribution in [3.63, 3.8) is 0 Å². The summed E-state index contributed by atoms with van der Waals surface area (Å²) in [6.45, 7) is 0.421. The zero-order valence-electron chi connectivity index (χ0n) is 9.49. The second-order valence-electron chi connectivity index (χ2n) is 3.35. The molecule has 0 unspecified atom stereocenters. The molecule has 0 atom stereocenters. The van der Waals surface area contributed by atoms with Crippen molar-refractivity contribution in [2.75, 3.05) is 13.1 Å². The molecule has 8 nitrogen and oxygen atoms in total. The molecule has 2 N–H and O–H groups in total. The van der Waals surface area contributed by atoms with Crippen molar-refractivity contribution in [1.82, 2.24) is 14.5 Å². The van der Waals surface area contributed by atoms with E-state index in [-0.39, 0.29) is 4.88 Å². The summed E-state index contributed by atoms with van der Waals surface area (Å²) in [5.74, 6) is -3.23. The van der Waals surface area contributed by atoms with Crippen molar-refractivity contribution in [2.45, 2.75) is 13.3 Å². The number of carboxylic acids is 2. The molecule has 1 amide bonds. The van der Waals surface area contributed by atoms with Crippen LogP contribution in [0.5, 0.6) is 0 Å². The topological polar surface area (TPSA) is 121 Å². The van der Waals surface area contributed by atoms with Crippen LogP contribution >= 0.6 is 11.5 Å². The SMILES string of the molecule is CCc1nnsc1C(=O)N(CC(=O)O)CC(=O)O. The first-order valence-corrected chi connectivity index (χ1v) is 5.77. The number of aryl methyl sites for hydroxylation is 1. The number of carbonyl (C=O) groups excluding carboxylic acids is 1. The molecular weight excluding hydrogens is 262 g/mol. The molecule has 0 aliphatic heterocycles. The van der Waals surface area contributed by atoms with Gasteiger partial charge in [-0.1, -0.05) is 11.4 Å². The number of hydrogen-bond acceptors (Lipinski definition) is 6. The van der Waals surface area contributed by atoms with Crippen LogP contribution in [0.2, 0.25) is 0 Å². The Balaban J connectivity index is 2.94. The summed E-state index contributed by atoms with van der Waals surface area (Å²) < 4.78 is 3.60. The van der Waals surface area contributed by atoms with Crippen molar-refractivity contribution in [1.29, 1.82) is 0 Å². The van der Waals surface area contributed by atoms with E-state index >= 15 is 0 Å². The average Bonchev–Trinajstić information content (AvgIpc) is 2.73. The van der Waals surface area contributed by atoms with Gasteiger partial charge in [0, 0.05) is 0 Å². The molecule has 1 aromatic rings. The third-order valence-corrected chi connectivity index (χ3v) is 2.78. The Morgan fingerprint density at radius 2 is 1.78 bits per heavy atom. The number of rotatable bonds is 6. The molecule has 0 fully saturated rings. The van der Waals surface area contributed by atoms with Gasteiger partial charge in [-0.25, -0.2) is 0 Å². The molecule has 18 heavy (non-hydrogen) atoms. The Hall–Kier alpha value is -2.03. The molecule has 0 aliphatic carbocycles. The van der Waals surface area contributed by atoms with Crippen LogP contribution in [0.15, 0.2) is 0 Å². The molecule has 9 heteroatoms. The van der Waals surface area contributed by atoms with Crippen molar-refractivity contribution < 1.29 is 24.6 Å². The second kappa shape index (κ2) is 6.05. The largest absolute Gasteiger partial charge is 0.480 e. The summed E-state index contributed by atoms with van der Waals surface area (Å²) in [5.41, 5.74) is 0.436. The maximum atomic E-state index is 12.0. The van der Waals surface area contributed by atoms with Gasteiger partial charge in [-0.3, -0.25) is 14.4 Å². The minimum atomic E-state index is -1.28. The van der Waals surface area contributed by atoms with E-state index in [0.29, 0.717) is 12.1 Å². The van der Waals surface area contributed by atoms with Crippen LogP contribution in [-0.4, -0.2) is 55.6 Å². The highest BCUT2D eigenvalue weighted by Crippen LogP contribution is 2.14. The van der Waals surface area contributed by atoms with Crippen LogP contribution in [0.3, 0.4) is 0 Å². The fourth-order valence-corrected chi connectivity index (χ4v) is 1.99. The molecule has 1 rings (SSSR count). The van der Waals surface area contributed by atoms with Gasteiger partial charge >= 0.3 is 11.9 Å². The van der Waals surface area contributed by atoms with Crippen LogP contribution in [0.1, 0.15) is 22.3 Å². The molecule has 0 aliphatic rings. The molecule has 0 saturated heterocycles. The maximum Gasteiger partial charge on any atom is 0.323 e. The number of carbonyl (C=O) groups is 3. The summed E-state index contributed by atoms with van der Waals surface area (Å²) in [6.07, 6.45) is 0.464. The lowest BCUT2D eigenvalue weighted by Crippen LogP contribution is -2.39. The molecular formula is C9H11N3O5S. The van der Waals surface area contributed by atoms with Gasteiger partial charge < -0.3 is 15.1 Å². The number of aromatic nitrogens is 2. The van der Waals surface area contributed by atoms with Crippen LogP contribution in [0.4, 0.5) is 0 Å². The zero-order valence-corrected chi connectivity index (χ0v) is 10.3. The fraction of sp³-hybridized carbons (Fsp3) is 0.444. The van der Waals surface area contributed by atoms with Crippen LogP contribution < -0.4 is 0 Å². The molecule has 0 saturated carbocycles. The van der Waals surface area contributed by atoms with E-state index in [1.54, 1.807) is 6.92 Å². The minimum absolute atomic E-state index is 0.181. The third-order valence-electron chi connectivity index (χ3n) is 2.02. The van der Waals surface area contributed by atoms with E-state index in [1.807, 2.05) is 0 Å². The molecule has 0 aromatic carbocycles. The Labute approximate surface area is 106 Å². The Kier molecular flexibility index (Phi) is 4.72. The molecule has 1 aromatic heterocycles. The van der Waals surface area contributed by atoms with E-state index in [0.717, 1.165) is 16.4 Å². The average molecular weight is 273 g/mol. The van der Waals surface area contributed by atoms with E-state index in [4.69, 9.17) is 10.2 Å². The van der Waals surface area contributed by atoms with Gasteiger partial charge in [0.25, 0.3) is 5.91 Å². The van der Waals surface area contributed by atoms with E-state index in [9.17, 15) is 14.4 Å². The highest BCUT2D eigenvalue weighted by Gasteiger charge is 2.25. The van der Waals surface area contributed by atoms with Gasteiger partial charge in [0.1, 0.15) is 18.0 Å². The minimum Gasteiger partial charge on any atom is -0.480 e. The lowest BCUT2D eigenvalue weighted by Gasteiger charge is -2.17. The third kappa shape index (κ3) is 3.48. The smallest absolute Gasteiger partial charge is 0.323 e. The number of aliphatic carboxylic acids is 2. The first-order chi connectivity index (χ1) is 8.45. The Morgan fingerprint density at radius 3 is 2.22 bits per heavy atom. The van der Waals surface area contributed by atoms with Gasteiger partial charge in [-0.15, -0.1) is 5.10 Å². The first kappa shape index (κ1) is 14.0. The Bertz CT molecular complexity index is 457. The molecule has 0 spiro atoms. The van der Waals surface area contributed by atoms with Gasteiger partial charge in [-0.05, 0) is 18.0 Å². The summed E-state index contributed by atoms with van der Waals surface area (Å²) >= 11 is 0.827. The van der Waals surface area contributed by atoms with Gasteiger partial charge in [0.05, 0.1) is 5.69 Å². The van der Waals surface area contributed by atoms with Crippen LogP contribution in [0.25, 0.3) is 0 Å². The van der Waals surface area contributed by atoms with E-state index < -0.39 is 30.9 Å². The van der Waals surface area contributed by atoms with Crippen LogP contribution in [-0.2, 0) is 16.0 Å². The molecule has 98 valence electrons. The predicted molar refractivity (Wildman–Crippen MR) is 60.5 cm³/mol. The van der Waals surface area contributed by atoms with Gasteiger partial charge in [0.15, 0.2) is 0 Å². The summed E-state index contributed by atoms with van der Waals surface area (Å²) in [6, 6.07) is 0. The number of carboxylic acid groups (broad SMARTS) is 2. The van der Waals surface area contributed by atoms with Crippen molar-refractivity contribution >= 4 is 29.4 Å². The van der Waals surface area contributed by atoms with Gasteiger partial charge in [0.2, 0.25) is 0 Å². The maximum absolute atomic E-state index is 12.0.